The predicted molar refractivity (Wildman–Crippen MR) is 66.0 cm³/mol. The van der Waals surface area contributed by atoms with Crippen LogP contribution < -0.4 is 0 Å². The van der Waals surface area contributed by atoms with Crippen LogP contribution in [0.1, 0.15) is 25.5 Å². The van der Waals surface area contributed by atoms with E-state index in [1.807, 2.05) is 6.92 Å². The summed E-state index contributed by atoms with van der Waals surface area (Å²) in [7, 11) is 1.68. The number of carbonyl (C=O) groups excluding carboxylic acids is 1. The highest BCUT2D eigenvalue weighted by atomic mass is 79.9. The lowest BCUT2D eigenvalue weighted by Crippen LogP contribution is -2.34. The molecule has 0 radical (unpaired) electrons. The van der Waals surface area contributed by atoms with Crippen molar-refractivity contribution in [1.82, 2.24) is 4.90 Å². The molecule has 0 aliphatic carbocycles. The molecule has 0 aliphatic heterocycles. The first kappa shape index (κ1) is 13.2. The fourth-order valence-corrected chi connectivity index (χ4v) is 1.82. The zero-order valence-electron chi connectivity index (χ0n) is 9.58. The molecule has 0 saturated heterocycles. The van der Waals surface area contributed by atoms with Gasteiger partial charge in [-0.25, -0.2) is 4.39 Å². The van der Waals surface area contributed by atoms with Gasteiger partial charge in [-0.3, -0.25) is 4.79 Å². The van der Waals surface area contributed by atoms with E-state index in [0.29, 0.717) is 5.56 Å². The summed E-state index contributed by atoms with van der Waals surface area (Å²) in [4.78, 5) is 13.0. The van der Waals surface area contributed by atoms with Gasteiger partial charge in [-0.1, -0.05) is 34.1 Å². The number of halogens is 2. The van der Waals surface area contributed by atoms with E-state index in [1.165, 1.54) is 11.0 Å². The van der Waals surface area contributed by atoms with Crippen molar-refractivity contribution in [2.75, 3.05) is 7.05 Å². The van der Waals surface area contributed by atoms with Crippen LogP contribution in [-0.4, -0.2) is 22.7 Å². The molecule has 2 nitrogen and oxygen atoms in total. The van der Waals surface area contributed by atoms with Gasteiger partial charge >= 0.3 is 0 Å². The first-order valence-corrected chi connectivity index (χ1v) is 6.02. The lowest BCUT2D eigenvalue weighted by molar-refractivity contribution is -0.130. The molecule has 0 fully saturated rings. The van der Waals surface area contributed by atoms with Crippen molar-refractivity contribution in [3.63, 3.8) is 0 Å². The van der Waals surface area contributed by atoms with Crippen molar-refractivity contribution in [3.05, 3.63) is 35.6 Å². The van der Waals surface area contributed by atoms with Crippen molar-refractivity contribution >= 4 is 21.8 Å². The van der Waals surface area contributed by atoms with Crippen LogP contribution in [0, 0.1) is 5.82 Å². The van der Waals surface area contributed by atoms with E-state index in [-0.39, 0.29) is 22.6 Å². The summed E-state index contributed by atoms with van der Waals surface area (Å²) >= 11 is 3.21. The Morgan fingerprint density at radius 3 is 2.44 bits per heavy atom. The molecular weight excluding hydrogens is 273 g/mol. The van der Waals surface area contributed by atoms with Crippen LogP contribution >= 0.6 is 15.9 Å². The van der Waals surface area contributed by atoms with E-state index in [0.717, 1.165) is 0 Å². The van der Waals surface area contributed by atoms with E-state index in [9.17, 15) is 9.18 Å². The minimum atomic E-state index is -0.281. The number of alkyl halides is 1. The molecule has 1 amide bonds. The van der Waals surface area contributed by atoms with E-state index in [4.69, 9.17) is 0 Å². The molecular formula is C12H15BrFNO. The number of benzene rings is 1. The molecule has 0 N–H and O–H groups in total. The molecule has 0 heterocycles. The number of carbonyl (C=O) groups is 1. The largest absolute Gasteiger partial charge is 0.338 e. The van der Waals surface area contributed by atoms with Crippen molar-refractivity contribution < 1.29 is 9.18 Å². The Balaban J connectivity index is 2.90. The Kier molecular flexibility index (Phi) is 4.47. The van der Waals surface area contributed by atoms with E-state index < -0.39 is 0 Å². The number of hydrogen-bond donors (Lipinski definition) is 0. The molecule has 88 valence electrons. The summed E-state index contributed by atoms with van der Waals surface area (Å²) in [6.45, 7) is 3.57. The Labute approximate surface area is 104 Å². The second kappa shape index (κ2) is 5.43. The Morgan fingerprint density at radius 2 is 1.94 bits per heavy atom. The third-order valence-corrected chi connectivity index (χ3v) is 3.02. The average molecular weight is 288 g/mol. The van der Waals surface area contributed by atoms with Gasteiger partial charge in [0.05, 0.1) is 10.9 Å². The molecule has 2 unspecified atom stereocenters. The lowest BCUT2D eigenvalue weighted by atomic mass is 10.1. The topological polar surface area (TPSA) is 20.3 Å². The van der Waals surface area contributed by atoms with Crippen molar-refractivity contribution in [3.8, 4) is 0 Å². The first-order valence-electron chi connectivity index (χ1n) is 5.10. The van der Waals surface area contributed by atoms with Gasteiger partial charge in [0.1, 0.15) is 5.82 Å². The third-order valence-electron chi connectivity index (χ3n) is 2.62. The number of nitrogens with zero attached hydrogens (tertiary/aromatic N) is 1. The van der Waals surface area contributed by atoms with Gasteiger partial charge in [-0.15, -0.1) is 0 Å². The molecule has 0 bridgehead atoms. The van der Waals surface area contributed by atoms with Crippen LogP contribution in [0.25, 0.3) is 0 Å². The summed E-state index contributed by atoms with van der Waals surface area (Å²) in [6.07, 6.45) is 0. The highest BCUT2D eigenvalue weighted by Gasteiger charge is 2.22. The Hall–Kier alpha value is -0.900. The van der Waals surface area contributed by atoms with Crippen LogP contribution in [0.3, 0.4) is 0 Å². The van der Waals surface area contributed by atoms with Gasteiger partial charge < -0.3 is 4.90 Å². The molecule has 1 aromatic carbocycles. The maximum absolute atomic E-state index is 13.5. The summed E-state index contributed by atoms with van der Waals surface area (Å²) in [6, 6.07) is 6.24. The molecule has 1 rings (SSSR count). The molecule has 4 heteroatoms. The quantitative estimate of drug-likeness (QED) is 0.782. The molecule has 1 aromatic rings. The van der Waals surface area contributed by atoms with Crippen LogP contribution in [0.4, 0.5) is 4.39 Å². The summed E-state index contributed by atoms with van der Waals surface area (Å²) in [5.41, 5.74) is 0.534. The fourth-order valence-electron chi connectivity index (χ4n) is 1.49. The van der Waals surface area contributed by atoms with Crippen LogP contribution in [0.5, 0.6) is 0 Å². The maximum Gasteiger partial charge on any atom is 0.236 e. The normalized spacial score (nSPS) is 14.3. The second-order valence-corrected chi connectivity index (χ2v) is 5.14. The Bertz CT molecular complexity index is 381. The van der Waals surface area contributed by atoms with E-state index >= 15 is 0 Å². The molecule has 0 spiro atoms. The van der Waals surface area contributed by atoms with Gasteiger partial charge in [0.15, 0.2) is 0 Å². The standard InChI is InChI=1S/C12H15BrFNO/c1-8(13)12(16)15(3)9(2)10-6-4-5-7-11(10)14/h4-9H,1-3H3. The average Bonchev–Trinajstić information content (AvgIpc) is 2.26. The summed E-state index contributed by atoms with van der Waals surface area (Å²) in [5, 5.41) is 0. The molecule has 0 aromatic heterocycles. The number of rotatable bonds is 3. The fraction of sp³-hybridized carbons (Fsp3) is 0.417. The van der Waals surface area contributed by atoms with Gasteiger partial charge in [0, 0.05) is 12.6 Å². The SMILES string of the molecule is CC(Br)C(=O)N(C)C(C)c1ccccc1F. The van der Waals surface area contributed by atoms with Crippen LogP contribution in [0.15, 0.2) is 24.3 Å². The van der Waals surface area contributed by atoms with E-state index in [1.54, 1.807) is 32.2 Å². The summed E-state index contributed by atoms with van der Waals surface area (Å²) in [5.74, 6) is -0.340. The molecule has 0 aliphatic rings. The minimum absolute atomic E-state index is 0.0595. The van der Waals surface area contributed by atoms with Crippen molar-refractivity contribution in [1.29, 1.82) is 0 Å². The van der Waals surface area contributed by atoms with Gasteiger partial charge in [0.25, 0.3) is 0 Å². The highest BCUT2D eigenvalue weighted by molar-refractivity contribution is 9.10. The number of hydrogen-bond acceptors (Lipinski definition) is 1. The molecule has 0 saturated carbocycles. The predicted octanol–water partition coefficient (Wildman–Crippen LogP) is 3.13. The first-order chi connectivity index (χ1) is 7.45. The third kappa shape index (κ3) is 2.82. The minimum Gasteiger partial charge on any atom is -0.338 e. The highest BCUT2D eigenvalue weighted by Crippen LogP contribution is 2.22. The maximum atomic E-state index is 13.5. The smallest absolute Gasteiger partial charge is 0.236 e. The van der Waals surface area contributed by atoms with Crippen molar-refractivity contribution in [2.24, 2.45) is 0 Å². The summed E-state index contributed by atoms with van der Waals surface area (Å²) < 4.78 is 13.5. The molecule has 16 heavy (non-hydrogen) atoms. The zero-order valence-corrected chi connectivity index (χ0v) is 11.2. The lowest BCUT2D eigenvalue weighted by Gasteiger charge is -2.26. The van der Waals surface area contributed by atoms with Gasteiger partial charge in [0.2, 0.25) is 5.91 Å². The van der Waals surface area contributed by atoms with Crippen molar-refractivity contribution in [2.45, 2.75) is 24.7 Å². The van der Waals surface area contributed by atoms with Crippen LogP contribution in [0.2, 0.25) is 0 Å². The Morgan fingerprint density at radius 1 is 1.38 bits per heavy atom. The van der Waals surface area contributed by atoms with E-state index in [2.05, 4.69) is 15.9 Å². The zero-order chi connectivity index (χ0) is 12.3. The molecule has 2 atom stereocenters. The second-order valence-electron chi connectivity index (χ2n) is 3.76. The number of amides is 1. The monoisotopic (exact) mass is 287 g/mol. The van der Waals surface area contributed by atoms with Crippen LogP contribution in [-0.2, 0) is 4.79 Å². The van der Waals surface area contributed by atoms with Gasteiger partial charge in [-0.2, -0.15) is 0 Å². The van der Waals surface area contributed by atoms with Gasteiger partial charge in [-0.05, 0) is 19.9 Å².